The minimum absolute atomic E-state index is 0.0549. The molecule has 9 nitrogen and oxygen atoms in total. The second-order valence-electron chi connectivity index (χ2n) is 7.76. The van der Waals surface area contributed by atoms with Gasteiger partial charge in [0.2, 0.25) is 5.91 Å². The van der Waals surface area contributed by atoms with Gasteiger partial charge in [0.15, 0.2) is 0 Å². The van der Waals surface area contributed by atoms with Crippen molar-refractivity contribution in [3.8, 4) is 0 Å². The van der Waals surface area contributed by atoms with Gasteiger partial charge in [0.1, 0.15) is 12.6 Å². The zero-order valence-corrected chi connectivity index (χ0v) is 18.1. The molecule has 2 aliphatic rings. The van der Waals surface area contributed by atoms with Crippen LogP contribution in [0.4, 0.5) is 5.69 Å². The lowest BCUT2D eigenvalue weighted by Crippen LogP contribution is -2.55. The largest absolute Gasteiger partial charge is 0.480 e. The first-order valence-corrected chi connectivity index (χ1v) is 11.5. The molecular weight excluding hydrogens is 422 g/mol. The molecule has 1 fully saturated rings. The van der Waals surface area contributed by atoms with Gasteiger partial charge >= 0.3 is 11.9 Å². The number of para-hydroxylation sites is 1. The first kappa shape index (κ1) is 23.5. The lowest BCUT2D eigenvalue weighted by atomic mass is 9.95. The number of carboxylic acid groups (broad SMARTS) is 2. The Hall–Kier alpha value is -2.14. The van der Waals surface area contributed by atoms with Crippen molar-refractivity contribution in [1.82, 2.24) is 10.6 Å². The van der Waals surface area contributed by atoms with E-state index in [1.807, 2.05) is 12.1 Å². The summed E-state index contributed by atoms with van der Waals surface area (Å²) in [5, 5.41) is 25.1. The fourth-order valence-electron chi connectivity index (χ4n) is 3.83. The molecule has 0 radical (unpaired) electrons. The molecule has 2 atom stereocenters. The first-order valence-electron chi connectivity index (χ1n) is 10.5. The number of carbonyl (C=O) groups excluding carboxylic acids is 1. The molecule has 3 rings (SSSR count). The molecule has 170 valence electrons. The van der Waals surface area contributed by atoms with Gasteiger partial charge in [-0.2, -0.15) is 0 Å². The third kappa shape index (κ3) is 6.67. The second kappa shape index (κ2) is 11.5. The van der Waals surface area contributed by atoms with Crippen LogP contribution in [0.15, 0.2) is 29.2 Å². The highest BCUT2D eigenvalue weighted by atomic mass is 32.2. The van der Waals surface area contributed by atoms with Crippen molar-refractivity contribution in [2.75, 3.05) is 43.5 Å². The van der Waals surface area contributed by atoms with Gasteiger partial charge in [-0.05, 0) is 50.4 Å². The maximum absolute atomic E-state index is 13.1. The molecule has 0 spiro atoms. The molecule has 0 bridgehead atoms. The lowest BCUT2D eigenvalue weighted by Gasteiger charge is -2.26. The van der Waals surface area contributed by atoms with E-state index in [9.17, 15) is 24.6 Å². The first-order chi connectivity index (χ1) is 15.0. The summed E-state index contributed by atoms with van der Waals surface area (Å²) in [6.45, 7) is 1.93. The quantitative estimate of drug-likeness (QED) is 0.386. The van der Waals surface area contributed by atoms with E-state index in [4.69, 9.17) is 4.74 Å². The Kier molecular flexibility index (Phi) is 8.70. The molecule has 0 saturated carbocycles. The Labute approximate surface area is 185 Å². The Morgan fingerprint density at radius 3 is 2.71 bits per heavy atom. The number of benzene rings is 1. The average molecular weight is 452 g/mol. The van der Waals surface area contributed by atoms with Crippen molar-refractivity contribution in [1.29, 1.82) is 0 Å². The van der Waals surface area contributed by atoms with Gasteiger partial charge in [-0.15, -0.1) is 11.8 Å². The third-order valence-electron chi connectivity index (χ3n) is 5.53. The molecular formula is C21H29N3O6S. The third-order valence-corrected chi connectivity index (χ3v) is 6.69. The van der Waals surface area contributed by atoms with Crippen molar-refractivity contribution in [3.63, 3.8) is 0 Å². The number of fused-ring (bicyclic) bond motifs is 1. The van der Waals surface area contributed by atoms with Gasteiger partial charge in [0.25, 0.3) is 0 Å². The monoisotopic (exact) mass is 451 g/mol. The number of hydrogen-bond acceptors (Lipinski definition) is 7. The van der Waals surface area contributed by atoms with Gasteiger partial charge in [0.05, 0.1) is 18.3 Å². The summed E-state index contributed by atoms with van der Waals surface area (Å²) in [5.74, 6) is -1.82. The van der Waals surface area contributed by atoms with E-state index in [0.717, 1.165) is 37.2 Å². The highest BCUT2D eigenvalue weighted by molar-refractivity contribution is 7.99. The van der Waals surface area contributed by atoms with E-state index >= 15 is 0 Å². The molecule has 4 N–H and O–H groups in total. The van der Waals surface area contributed by atoms with Crippen molar-refractivity contribution in [2.45, 2.75) is 36.2 Å². The molecule has 1 unspecified atom stereocenters. The summed E-state index contributed by atoms with van der Waals surface area (Å²) in [4.78, 5) is 38.2. The van der Waals surface area contributed by atoms with Crippen LogP contribution in [-0.4, -0.2) is 78.7 Å². The van der Waals surface area contributed by atoms with Crippen molar-refractivity contribution in [2.24, 2.45) is 5.92 Å². The van der Waals surface area contributed by atoms with Gasteiger partial charge in [-0.3, -0.25) is 24.6 Å². The van der Waals surface area contributed by atoms with E-state index in [1.54, 1.807) is 12.1 Å². The van der Waals surface area contributed by atoms with Crippen LogP contribution in [0.1, 0.15) is 19.3 Å². The van der Waals surface area contributed by atoms with Gasteiger partial charge in [0, 0.05) is 17.3 Å². The van der Waals surface area contributed by atoms with Crippen LogP contribution >= 0.6 is 11.8 Å². The number of aliphatic carboxylic acids is 2. The van der Waals surface area contributed by atoms with Crippen LogP contribution in [0, 0.1) is 5.92 Å². The minimum atomic E-state index is -1.13. The average Bonchev–Trinajstić information content (AvgIpc) is 2.88. The van der Waals surface area contributed by atoms with Crippen LogP contribution in [0.5, 0.6) is 0 Å². The van der Waals surface area contributed by atoms with E-state index < -0.39 is 36.5 Å². The SMILES string of the molecule is O=C(O)CN1C(=O)C(N[C@H](COCCC2CCNCC2)C(=O)O)CSc2ccccc21. The van der Waals surface area contributed by atoms with Gasteiger partial charge in [-0.25, -0.2) is 0 Å². The molecule has 2 aliphatic heterocycles. The fourth-order valence-corrected chi connectivity index (χ4v) is 4.91. The Morgan fingerprint density at radius 2 is 2.00 bits per heavy atom. The highest BCUT2D eigenvalue weighted by Gasteiger charge is 2.34. The predicted molar refractivity (Wildman–Crippen MR) is 117 cm³/mol. The smallest absolute Gasteiger partial charge is 0.323 e. The summed E-state index contributed by atoms with van der Waals surface area (Å²) in [5.41, 5.74) is 0.522. The maximum atomic E-state index is 13.1. The zero-order chi connectivity index (χ0) is 22.2. The lowest BCUT2D eigenvalue weighted by molar-refractivity contribution is -0.142. The number of amides is 1. The van der Waals surface area contributed by atoms with Crippen LogP contribution in [-0.2, 0) is 19.1 Å². The standard InChI is InChI=1S/C21H29N3O6S/c25-19(26)11-24-17-3-1-2-4-18(17)31-13-16(20(24)27)23-15(21(28)29)12-30-10-7-14-5-8-22-9-6-14/h1-4,14-16,22-23H,5-13H2,(H,25,26)(H,28,29)/t15-,16?/m1/s1. The molecule has 0 aliphatic carbocycles. The maximum Gasteiger partial charge on any atom is 0.323 e. The Bertz CT molecular complexity index is 786. The summed E-state index contributed by atoms with van der Waals surface area (Å²) >= 11 is 1.40. The van der Waals surface area contributed by atoms with Crippen molar-refractivity contribution >= 4 is 35.3 Å². The van der Waals surface area contributed by atoms with Gasteiger partial charge in [-0.1, -0.05) is 12.1 Å². The number of nitrogens with zero attached hydrogens (tertiary/aromatic N) is 1. The zero-order valence-electron chi connectivity index (χ0n) is 17.3. The topological polar surface area (TPSA) is 128 Å². The number of rotatable bonds is 10. The van der Waals surface area contributed by atoms with Crippen LogP contribution in [0.2, 0.25) is 0 Å². The predicted octanol–water partition coefficient (Wildman–Crippen LogP) is 1.03. The van der Waals surface area contributed by atoms with E-state index in [-0.39, 0.29) is 6.61 Å². The molecule has 1 saturated heterocycles. The molecule has 31 heavy (non-hydrogen) atoms. The molecule has 1 aromatic rings. The summed E-state index contributed by atoms with van der Waals surface area (Å²) in [6, 6.07) is 5.18. The molecule has 1 amide bonds. The van der Waals surface area contributed by atoms with Crippen LogP contribution < -0.4 is 15.5 Å². The summed E-state index contributed by atoms with van der Waals surface area (Å²) in [6.07, 6.45) is 3.07. The number of hydrogen-bond donors (Lipinski definition) is 4. The van der Waals surface area contributed by atoms with E-state index in [0.29, 0.717) is 24.0 Å². The molecule has 2 heterocycles. The second-order valence-corrected chi connectivity index (χ2v) is 8.83. The number of anilines is 1. The van der Waals surface area contributed by atoms with E-state index in [2.05, 4.69) is 10.6 Å². The molecule has 1 aromatic carbocycles. The summed E-state index contributed by atoms with van der Waals surface area (Å²) < 4.78 is 5.63. The number of carboxylic acids is 2. The number of piperidine rings is 1. The van der Waals surface area contributed by atoms with Crippen LogP contribution in [0.3, 0.4) is 0 Å². The van der Waals surface area contributed by atoms with Crippen molar-refractivity contribution in [3.05, 3.63) is 24.3 Å². The Morgan fingerprint density at radius 1 is 1.26 bits per heavy atom. The fraction of sp³-hybridized carbons (Fsp3) is 0.571. The highest BCUT2D eigenvalue weighted by Crippen LogP contribution is 2.34. The van der Waals surface area contributed by atoms with Crippen LogP contribution in [0.25, 0.3) is 0 Å². The number of thioether (sulfide) groups is 1. The Balaban J connectivity index is 1.60. The number of ether oxygens (including phenoxy) is 1. The number of carbonyl (C=O) groups is 3. The molecule has 0 aromatic heterocycles. The van der Waals surface area contributed by atoms with Gasteiger partial charge < -0.3 is 20.3 Å². The number of nitrogens with one attached hydrogen (secondary N) is 2. The molecule has 10 heteroatoms. The van der Waals surface area contributed by atoms with E-state index in [1.165, 1.54) is 16.7 Å². The normalized spacial score (nSPS) is 20.7. The van der Waals surface area contributed by atoms with Crippen molar-refractivity contribution < 1.29 is 29.3 Å². The summed E-state index contributed by atoms with van der Waals surface area (Å²) in [7, 11) is 0. The minimum Gasteiger partial charge on any atom is -0.480 e.